The predicted octanol–water partition coefficient (Wildman–Crippen LogP) is 1.74. The first-order chi connectivity index (χ1) is 11.5. The molecule has 0 aromatic rings. The van der Waals surface area contributed by atoms with E-state index in [-0.39, 0.29) is 12.1 Å². The molecule has 2 aliphatic heterocycles. The van der Waals surface area contributed by atoms with E-state index < -0.39 is 15.6 Å². The van der Waals surface area contributed by atoms with Crippen molar-refractivity contribution >= 4 is 16.1 Å². The zero-order valence-electron chi connectivity index (χ0n) is 16.2. The first kappa shape index (κ1) is 20.5. The van der Waals surface area contributed by atoms with Crippen LogP contribution >= 0.6 is 0 Å². The van der Waals surface area contributed by atoms with Gasteiger partial charge in [-0.2, -0.15) is 0 Å². The first-order valence-corrected chi connectivity index (χ1v) is 11.0. The number of amides is 1. The van der Waals surface area contributed by atoms with E-state index in [2.05, 4.69) is 4.90 Å². The maximum Gasteiger partial charge on any atom is 0.410 e. The number of sulfonamides is 1. The van der Waals surface area contributed by atoms with E-state index in [0.29, 0.717) is 6.04 Å². The second kappa shape index (κ2) is 7.80. The van der Waals surface area contributed by atoms with Gasteiger partial charge in [-0.25, -0.2) is 17.5 Å². The number of hydrogen-bond donors (Lipinski definition) is 0. The molecule has 0 radical (unpaired) electrons. The normalized spacial score (nSPS) is 22.4. The molecule has 0 aliphatic carbocycles. The van der Waals surface area contributed by atoms with E-state index in [1.165, 1.54) is 10.6 Å². The van der Waals surface area contributed by atoms with Gasteiger partial charge in [-0.3, -0.25) is 0 Å². The quantitative estimate of drug-likeness (QED) is 0.751. The number of ether oxygens (including phenoxy) is 1. The zero-order valence-corrected chi connectivity index (χ0v) is 17.0. The summed E-state index contributed by atoms with van der Waals surface area (Å²) in [4.78, 5) is 16.4. The van der Waals surface area contributed by atoms with Crippen LogP contribution in [0.4, 0.5) is 4.79 Å². The highest BCUT2D eigenvalue weighted by Crippen LogP contribution is 2.24. The molecule has 8 heteroatoms. The van der Waals surface area contributed by atoms with Gasteiger partial charge in [0.15, 0.2) is 0 Å². The summed E-state index contributed by atoms with van der Waals surface area (Å²) in [5.74, 6) is 0. The number of piperidine rings is 2. The fourth-order valence-electron chi connectivity index (χ4n) is 3.63. The van der Waals surface area contributed by atoms with Crippen molar-refractivity contribution < 1.29 is 17.9 Å². The van der Waals surface area contributed by atoms with Crippen LogP contribution in [0, 0.1) is 0 Å². The predicted molar refractivity (Wildman–Crippen MR) is 98.0 cm³/mol. The Morgan fingerprint density at radius 2 is 1.56 bits per heavy atom. The lowest BCUT2D eigenvalue weighted by Gasteiger charge is -2.43. The zero-order chi connectivity index (χ0) is 18.8. The number of carbonyl (C=O) groups excluding carboxylic acids is 1. The molecule has 25 heavy (non-hydrogen) atoms. The van der Waals surface area contributed by atoms with Crippen molar-refractivity contribution in [2.24, 2.45) is 0 Å². The van der Waals surface area contributed by atoms with Crippen LogP contribution in [0.15, 0.2) is 0 Å². The molecule has 2 aliphatic rings. The summed E-state index contributed by atoms with van der Waals surface area (Å²) < 4.78 is 30.3. The van der Waals surface area contributed by atoms with Gasteiger partial charge >= 0.3 is 6.09 Å². The van der Waals surface area contributed by atoms with E-state index in [4.69, 9.17) is 4.74 Å². The van der Waals surface area contributed by atoms with Crippen LogP contribution in [0.2, 0.25) is 0 Å². The summed E-state index contributed by atoms with van der Waals surface area (Å²) in [6.45, 7) is 8.94. The first-order valence-electron chi connectivity index (χ1n) is 9.12. The minimum absolute atomic E-state index is 0.105. The van der Waals surface area contributed by atoms with E-state index >= 15 is 0 Å². The third-order valence-corrected chi connectivity index (χ3v) is 6.51. The smallest absolute Gasteiger partial charge is 0.410 e. The van der Waals surface area contributed by atoms with Crippen molar-refractivity contribution in [3.8, 4) is 0 Å². The Hall–Kier alpha value is -0.860. The van der Waals surface area contributed by atoms with Crippen LogP contribution < -0.4 is 0 Å². The highest BCUT2D eigenvalue weighted by atomic mass is 32.2. The van der Waals surface area contributed by atoms with Crippen LogP contribution in [0.5, 0.6) is 0 Å². The number of likely N-dealkylation sites (tertiary alicyclic amines) is 2. The van der Waals surface area contributed by atoms with Crippen molar-refractivity contribution in [1.29, 1.82) is 0 Å². The molecule has 1 amide bonds. The van der Waals surface area contributed by atoms with E-state index in [9.17, 15) is 13.2 Å². The Bertz CT molecular complexity index is 557. The van der Waals surface area contributed by atoms with Gasteiger partial charge in [0.25, 0.3) is 0 Å². The van der Waals surface area contributed by atoms with Crippen LogP contribution in [0.3, 0.4) is 0 Å². The molecule has 0 saturated carbocycles. The molecule has 0 bridgehead atoms. The molecule has 0 unspecified atom stereocenters. The van der Waals surface area contributed by atoms with Crippen LogP contribution in [-0.2, 0) is 14.8 Å². The van der Waals surface area contributed by atoms with Crippen LogP contribution in [-0.4, -0.2) is 85.8 Å². The molecule has 0 aromatic heterocycles. The molecule has 0 spiro atoms. The Balaban J connectivity index is 1.78. The SMILES string of the molecule is CN(C1CCN(C2CCN(C(=O)OC(C)(C)C)CC2)CC1)S(C)(=O)=O. The van der Waals surface area contributed by atoms with Crippen molar-refractivity contribution in [2.45, 2.75) is 64.1 Å². The third kappa shape index (κ3) is 5.82. The maximum atomic E-state index is 12.1. The van der Waals surface area contributed by atoms with Gasteiger partial charge in [0.2, 0.25) is 10.0 Å². The second-order valence-corrected chi connectivity index (χ2v) is 10.3. The number of carbonyl (C=O) groups is 1. The maximum absolute atomic E-state index is 12.1. The summed E-state index contributed by atoms with van der Waals surface area (Å²) in [6.07, 6.45) is 4.69. The van der Waals surface area contributed by atoms with Gasteiger partial charge in [-0.15, -0.1) is 0 Å². The molecule has 0 atom stereocenters. The van der Waals surface area contributed by atoms with Gasteiger partial charge in [0.1, 0.15) is 5.60 Å². The van der Waals surface area contributed by atoms with Crippen molar-refractivity contribution in [1.82, 2.24) is 14.1 Å². The fourth-order valence-corrected chi connectivity index (χ4v) is 4.38. The average molecular weight is 376 g/mol. The molecule has 2 heterocycles. The van der Waals surface area contributed by atoms with E-state index in [1.807, 2.05) is 20.8 Å². The summed E-state index contributed by atoms with van der Waals surface area (Å²) in [7, 11) is -1.44. The van der Waals surface area contributed by atoms with E-state index in [0.717, 1.165) is 51.9 Å². The molecule has 2 rings (SSSR count). The fraction of sp³-hybridized carbons (Fsp3) is 0.941. The van der Waals surface area contributed by atoms with Gasteiger partial charge < -0.3 is 14.5 Å². The van der Waals surface area contributed by atoms with Gasteiger partial charge in [-0.05, 0) is 59.5 Å². The van der Waals surface area contributed by atoms with Gasteiger partial charge in [0.05, 0.1) is 6.26 Å². The monoisotopic (exact) mass is 375 g/mol. The molecular formula is C17H33N3O4S. The Morgan fingerprint density at radius 1 is 1.04 bits per heavy atom. The van der Waals surface area contributed by atoms with E-state index in [1.54, 1.807) is 11.9 Å². The molecule has 7 nitrogen and oxygen atoms in total. The Labute approximate surface area is 152 Å². The Morgan fingerprint density at radius 3 is 2.00 bits per heavy atom. The number of hydrogen-bond acceptors (Lipinski definition) is 5. The highest BCUT2D eigenvalue weighted by molar-refractivity contribution is 7.88. The Kier molecular flexibility index (Phi) is 6.38. The van der Waals surface area contributed by atoms with Crippen LogP contribution in [0.1, 0.15) is 46.5 Å². The molecule has 146 valence electrons. The largest absolute Gasteiger partial charge is 0.444 e. The molecule has 0 N–H and O–H groups in total. The number of rotatable bonds is 3. The van der Waals surface area contributed by atoms with Crippen molar-refractivity contribution in [2.75, 3.05) is 39.5 Å². The number of nitrogens with zero attached hydrogens (tertiary/aromatic N) is 3. The highest BCUT2D eigenvalue weighted by Gasteiger charge is 2.33. The minimum atomic E-state index is -3.12. The van der Waals surface area contributed by atoms with Crippen molar-refractivity contribution in [3.05, 3.63) is 0 Å². The van der Waals surface area contributed by atoms with Gasteiger partial charge in [0, 0.05) is 32.2 Å². The minimum Gasteiger partial charge on any atom is -0.444 e. The molecule has 2 saturated heterocycles. The lowest BCUT2D eigenvalue weighted by atomic mass is 9.98. The topological polar surface area (TPSA) is 70.2 Å². The van der Waals surface area contributed by atoms with Crippen molar-refractivity contribution in [3.63, 3.8) is 0 Å². The summed E-state index contributed by atoms with van der Waals surface area (Å²) in [5, 5.41) is 0. The lowest BCUT2D eigenvalue weighted by Crippen LogP contribution is -2.52. The van der Waals surface area contributed by atoms with Gasteiger partial charge in [-0.1, -0.05) is 0 Å². The summed E-state index contributed by atoms with van der Waals surface area (Å²) in [6, 6.07) is 0.580. The second-order valence-electron chi connectivity index (χ2n) is 8.24. The summed E-state index contributed by atoms with van der Waals surface area (Å²) in [5.41, 5.74) is -0.457. The van der Waals surface area contributed by atoms with Crippen LogP contribution in [0.25, 0.3) is 0 Å². The molecule has 0 aromatic carbocycles. The third-order valence-electron chi connectivity index (χ3n) is 5.17. The lowest BCUT2D eigenvalue weighted by molar-refractivity contribution is 0.0118. The molecular weight excluding hydrogens is 342 g/mol. The molecule has 2 fully saturated rings. The average Bonchev–Trinajstić information content (AvgIpc) is 2.52. The summed E-state index contributed by atoms with van der Waals surface area (Å²) >= 11 is 0. The standard InChI is InChI=1S/C17H33N3O4S/c1-17(2,3)24-16(21)20-12-8-15(9-13-20)19-10-6-14(7-11-19)18(4)25(5,22)23/h14-15H,6-13H2,1-5H3.